The average Bonchev–Trinajstić information content (AvgIpc) is 2.81. The number of nitrogens with zero attached hydrogens (tertiary/aromatic N) is 4. The van der Waals surface area contributed by atoms with Gasteiger partial charge < -0.3 is 10.2 Å². The first-order valence-corrected chi connectivity index (χ1v) is 10.0. The van der Waals surface area contributed by atoms with E-state index in [1.165, 1.54) is 16.7 Å². The van der Waals surface area contributed by atoms with E-state index in [1.54, 1.807) is 42.8 Å². The molecule has 154 valence electrons. The number of allylic oxidation sites excluding steroid dienone is 1. The lowest BCUT2D eigenvalue weighted by Crippen LogP contribution is -2.51. The van der Waals surface area contributed by atoms with Crippen molar-refractivity contribution in [3.8, 4) is 0 Å². The van der Waals surface area contributed by atoms with E-state index in [0.717, 1.165) is 25.9 Å². The lowest BCUT2D eigenvalue weighted by Gasteiger charge is -2.32. The number of urea groups is 1. The van der Waals surface area contributed by atoms with E-state index in [2.05, 4.69) is 15.8 Å². The van der Waals surface area contributed by atoms with Crippen molar-refractivity contribution in [2.24, 2.45) is 5.10 Å². The number of anilines is 2. The van der Waals surface area contributed by atoms with E-state index in [0.29, 0.717) is 16.9 Å². The molecule has 8 heteroatoms. The molecule has 0 saturated carbocycles. The summed E-state index contributed by atoms with van der Waals surface area (Å²) in [7, 11) is 0. The smallest absolute Gasteiger partial charge is 0.339 e. The summed E-state index contributed by atoms with van der Waals surface area (Å²) < 4.78 is 0. The number of hydrogen-bond acceptors (Lipinski definition) is 5. The van der Waals surface area contributed by atoms with Gasteiger partial charge in [-0.2, -0.15) is 5.01 Å². The summed E-state index contributed by atoms with van der Waals surface area (Å²) in [5, 5.41) is 9.78. The maximum absolute atomic E-state index is 13.0. The van der Waals surface area contributed by atoms with Gasteiger partial charge in [0.25, 0.3) is 5.91 Å². The molecule has 2 aromatic rings. The second-order valence-corrected chi connectivity index (χ2v) is 7.05. The topological polar surface area (TPSA) is 80.3 Å². The molecule has 3 amide bonds. The van der Waals surface area contributed by atoms with E-state index in [-0.39, 0.29) is 5.91 Å². The SMILES string of the molecule is O=C(c1ccc(NC(=O)N(c2ccccc2)N2N=CC=CN2)cc1)N1CCCCC1. The van der Waals surface area contributed by atoms with Crippen molar-refractivity contribution in [1.29, 1.82) is 0 Å². The second-order valence-electron chi connectivity index (χ2n) is 7.05. The molecule has 2 N–H and O–H groups in total. The Bertz CT molecular complexity index is 936. The Morgan fingerprint density at radius 3 is 2.37 bits per heavy atom. The molecule has 4 rings (SSSR count). The van der Waals surface area contributed by atoms with Crippen molar-refractivity contribution < 1.29 is 9.59 Å². The highest BCUT2D eigenvalue weighted by molar-refractivity contribution is 6.01. The molecule has 8 nitrogen and oxygen atoms in total. The molecule has 0 atom stereocenters. The number of carbonyl (C=O) groups excluding carboxylic acids is 2. The number of amides is 3. The molecule has 0 bridgehead atoms. The van der Waals surface area contributed by atoms with Crippen LogP contribution in [-0.4, -0.2) is 41.4 Å². The molecule has 1 saturated heterocycles. The van der Waals surface area contributed by atoms with Crippen LogP contribution in [0.1, 0.15) is 29.6 Å². The van der Waals surface area contributed by atoms with Gasteiger partial charge in [0, 0.05) is 30.5 Å². The van der Waals surface area contributed by atoms with Crippen LogP contribution in [0.5, 0.6) is 0 Å². The van der Waals surface area contributed by atoms with Gasteiger partial charge in [0.05, 0.1) is 11.9 Å². The van der Waals surface area contributed by atoms with Gasteiger partial charge in [-0.3, -0.25) is 10.2 Å². The zero-order valence-electron chi connectivity index (χ0n) is 16.6. The summed E-state index contributed by atoms with van der Waals surface area (Å²) >= 11 is 0. The van der Waals surface area contributed by atoms with Crippen LogP contribution < -0.4 is 15.8 Å². The van der Waals surface area contributed by atoms with Crippen LogP contribution in [0.25, 0.3) is 0 Å². The highest BCUT2D eigenvalue weighted by Crippen LogP contribution is 2.19. The zero-order chi connectivity index (χ0) is 20.8. The number of likely N-dealkylation sites (tertiary alicyclic amines) is 1. The first kappa shape index (κ1) is 19.5. The van der Waals surface area contributed by atoms with Gasteiger partial charge in [0.1, 0.15) is 0 Å². The van der Waals surface area contributed by atoms with Crippen LogP contribution >= 0.6 is 0 Å². The highest BCUT2D eigenvalue weighted by atomic mass is 16.2. The van der Waals surface area contributed by atoms with Crippen LogP contribution in [0, 0.1) is 0 Å². The molecule has 0 aliphatic carbocycles. The summed E-state index contributed by atoms with van der Waals surface area (Å²) in [5.74, 6) is 0.0390. The first-order chi connectivity index (χ1) is 14.7. The standard InChI is InChI=1S/C22H24N6O2/c29-21(26-16-5-2-6-17-26)18-10-12-19(13-11-18)25-22(30)27(20-8-3-1-4-9-20)28-23-14-7-15-24-28/h1,3-4,7-15,23H,2,5-6,16-17H2,(H,25,30). The maximum atomic E-state index is 13.0. The summed E-state index contributed by atoms with van der Waals surface area (Å²) in [6, 6.07) is 15.8. The minimum atomic E-state index is -0.392. The summed E-state index contributed by atoms with van der Waals surface area (Å²) in [6.45, 7) is 1.61. The van der Waals surface area contributed by atoms with Gasteiger partial charge in [0.2, 0.25) is 0 Å². The fourth-order valence-corrected chi connectivity index (χ4v) is 3.43. The summed E-state index contributed by atoms with van der Waals surface area (Å²) in [4.78, 5) is 27.6. The minimum Gasteiger partial charge on any atom is -0.339 e. The van der Waals surface area contributed by atoms with Crippen LogP contribution in [0.4, 0.5) is 16.2 Å². The maximum Gasteiger partial charge on any atom is 0.348 e. The van der Waals surface area contributed by atoms with E-state index in [1.807, 2.05) is 35.2 Å². The predicted octanol–water partition coefficient (Wildman–Crippen LogP) is 3.59. The Kier molecular flexibility index (Phi) is 5.93. The van der Waals surface area contributed by atoms with Crippen molar-refractivity contribution in [2.75, 3.05) is 23.4 Å². The Morgan fingerprint density at radius 1 is 0.967 bits per heavy atom. The third-order valence-corrected chi connectivity index (χ3v) is 4.96. The Morgan fingerprint density at radius 2 is 1.70 bits per heavy atom. The van der Waals surface area contributed by atoms with Crippen LogP contribution in [0.2, 0.25) is 0 Å². The quantitative estimate of drug-likeness (QED) is 0.816. The molecule has 0 unspecified atom stereocenters. The van der Waals surface area contributed by atoms with E-state index in [4.69, 9.17) is 0 Å². The van der Waals surface area contributed by atoms with Crippen LogP contribution in [-0.2, 0) is 0 Å². The lowest BCUT2D eigenvalue weighted by molar-refractivity contribution is 0.0724. The Labute approximate surface area is 175 Å². The summed E-state index contributed by atoms with van der Waals surface area (Å²) in [6.07, 6.45) is 8.28. The van der Waals surface area contributed by atoms with Crippen molar-refractivity contribution in [2.45, 2.75) is 19.3 Å². The predicted molar refractivity (Wildman–Crippen MR) is 117 cm³/mol. The number of para-hydroxylation sites is 1. The second kappa shape index (κ2) is 9.13. The van der Waals surface area contributed by atoms with Gasteiger partial charge in [-0.25, -0.2) is 4.79 Å². The van der Waals surface area contributed by atoms with Crippen molar-refractivity contribution in [3.05, 3.63) is 72.4 Å². The molecular weight excluding hydrogens is 380 g/mol. The molecule has 30 heavy (non-hydrogen) atoms. The third-order valence-electron chi connectivity index (χ3n) is 4.96. The number of piperidine rings is 1. The monoisotopic (exact) mass is 404 g/mol. The number of hydrazine groups is 2. The van der Waals surface area contributed by atoms with E-state index in [9.17, 15) is 9.59 Å². The van der Waals surface area contributed by atoms with Gasteiger partial charge in [-0.05, 0) is 61.7 Å². The van der Waals surface area contributed by atoms with Gasteiger partial charge in [0.15, 0.2) is 0 Å². The largest absolute Gasteiger partial charge is 0.348 e. The molecule has 2 aromatic carbocycles. The molecule has 0 radical (unpaired) electrons. The number of benzene rings is 2. The van der Waals surface area contributed by atoms with Crippen LogP contribution in [0.3, 0.4) is 0 Å². The highest BCUT2D eigenvalue weighted by Gasteiger charge is 2.23. The van der Waals surface area contributed by atoms with Crippen molar-refractivity contribution in [3.63, 3.8) is 0 Å². The van der Waals surface area contributed by atoms with E-state index < -0.39 is 6.03 Å². The molecule has 2 heterocycles. The minimum absolute atomic E-state index is 0.0390. The Hall–Kier alpha value is -3.81. The van der Waals surface area contributed by atoms with Crippen LogP contribution in [0.15, 0.2) is 72.0 Å². The molecular formula is C22H24N6O2. The van der Waals surface area contributed by atoms with Crippen molar-refractivity contribution >= 4 is 29.5 Å². The fourth-order valence-electron chi connectivity index (χ4n) is 3.43. The van der Waals surface area contributed by atoms with Gasteiger partial charge in [-0.1, -0.05) is 23.4 Å². The fraction of sp³-hybridized carbons (Fsp3) is 0.227. The number of hydrazone groups is 1. The number of carbonyl (C=O) groups is 2. The average molecular weight is 404 g/mol. The van der Waals surface area contributed by atoms with Gasteiger partial charge in [-0.15, -0.1) is 5.10 Å². The lowest BCUT2D eigenvalue weighted by atomic mass is 10.1. The molecule has 1 fully saturated rings. The molecule has 0 spiro atoms. The third kappa shape index (κ3) is 4.43. The number of rotatable bonds is 4. The summed E-state index contributed by atoms with van der Waals surface area (Å²) in [5.41, 5.74) is 4.78. The molecule has 2 aliphatic heterocycles. The number of nitrogens with one attached hydrogen (secondary N) is 2. The first-order valence-electron chi connectivity index (χ1n) is 10.0. The Balaban J connectivity index is 1.47. The molecule has 0 aromatic heterocycles. The zero-order valence-corrected chi connectivity index (χ0v) is 16.6. The van der Waals surface area contributed by atoms with Gasteiger partial charge >= 0.3 is 6.03 Å². The molecule has 2 aliphatic rings. The van der Waals surface area contributed by atoms with E-state index >= 15 is 0 Å². The number of hydrogen-bond donors (Lipinski definition) is 2. The normalized spacial score (nSPS) is 15.5. The van der Waals surface area contributed by atoms with Crippen molar-refractivity contribution in [1.82, 2.24) is 15.6 Å².